The third-order valence-electron chi connectivity index (χ3n) is 3.91. The number of methoxy groups -OCH3 is 1. The summed E-state index contributed by atoms with van der Waals surface area (Å²) in [7, 11) is 1.58. The first kappa shape index (κ1) is 19.6. The fourth-order valence-electron chi connectivity index (χ4n) is 2.26. The molecule has 0 aliphatic heterocycles. The van der Waals surface area contributed by atoms with Gasteiger partial charge in [-0.2, -0.15) is 0 Å². The van der Waals surface area contributed by atoms with Crippen LogP contribution in [-0.2, 0) is 0 Å². The third kappa shape index (κ3) is 5.92. The fraction of sp³-hybridized carbons (Fsp3) is 0.588. The Hall–Kier alpha value is -1.46. The summed E-state index contributed by atoms with van der Waals surface area (Å²) in [6.07, 6.45) is 4.41. The van der Waals surface area contributed by atoms with Gasteiger partial charge in [0.15, 0.2) is 11.5 Å². The number of carbonyl (C=O) groups is 1. The van der Waals surface area contributed by atoms with E-state index >= 15 is 0 Å². The van der Waals surface area contributed by atoms with Crippen LogP contribution in [0.4, 0.5) is 0 Å². The molecule has 1 unspecified atom stereocenters. The lowest BCUT2D eigenvalue weighted by atomic mass is 10.1. The minimum Gasteiger partial charge on any atom is -0.493 e. The Morgan fingerprint density at radius 3 is 2.74 bits per heavy atom. The maximum absolute atomic E-state index is 12.2. The van der Waals surface area contributed by atoms with Crippen molar-refractivity contribution in [2.45, 2.75) is 38.6 Å². The second-order valence-corrected chi connectivity index (χ2v) is 5.78. The van der Waals surface area contributed by atoms with Crippen LogP contribution in [0.2, 0.25) is 0 Å². The lowest BCUT2D eigenvalue weighted by molar-refractivity contribution is 0.0950. The highest BCUT2D eigenvalue weighted by Crippen LogP contribution is 2.31. The molecular formula is C17H27ClN2O3. The molecule has 0 saturated heterocycles. The molecule has 5 nitrogen and oxygen atoms in total. The molecule has 1 aliphatic rings. The molecule has 0 spiro atoms. The van der Waals surface area contributed by atoms with Crippen LogP contribution in [0, 0.1) is 5.92 Å². The largest absolute Gasteiger partial charge is 0.493 e. The second-order valence-electron chi connectivity index (χ2n) is 5.78. The predicted molar refractivity (Wildman–Crippen MR) is 93.7 cm³/mol. The molecule has 0 bridgehead atoms. The van der Waals surface area contributed by atoms with E-state index in [1.54, 1.807) is 25.3 Å². The van der Waals surface area contributed by atoms with E-state index in [0.29, 0.717) is 36.1 Å². The average molecular weight is 343 g/mol. The summed E-state index contributed by atoms with van der Waals surface area (Å²) in [5, 5.41) is 2.88. The second kappa shape index (κ2) is 9.63. The highest BCUT2D eigenvalue weighted by molar-refractivity contribution is 5.94. The Bertz CT molecular complexity index is 507. The van der Waals surface area contributed by atoms with Crippen molar-refractivity contribution in [2.24, 2.45) is 11.7 Å². The van der Waals surface area contributed by atoms with E-state index < -0.39 is 0 Å². The van der Waals surface area contributed by atoms with Gasteiger partial charge in [0.2, 0.25) is 0 Å². The van der Waals surface area contributed by atoms with Gasteiger partial charge in [-0.25, -0.2) is 0 Å². The van der Waals surface area contributed by atoms with Crippen molar-refractivity contribution in [2.75, 3.05) is 20.3 Å². The third-order valence-corrected chi connectivity index (χ3v) is 3.91. The lowest BCUT2D eigenvalue weighted by Crippen LogP contribution is -2.38. The number of amides is 1. The summed E-state index contributed by atoms with van der Waals surface area (Å²) in [6.45, 7) is 3.27. The number of hydrogen-bond donors (Lipinski definition) is 2. The zero-order chi connectivity index (χ0) is 15.9. The number of nitrogens with one attached hydrogen (secondary N) is 1. The van der Waals surface area contributed by atoms with Gasteiger partial charge in [-0.05, 0) is 43.4 Å². The summed E-state index contributed by atoms with van der Waals surface area (Å²) in [6, 6.07) is 5.30. The molecule has 0 heterocycles. The van der Waals surface area contributed by atoms with E-state index in [9.17, 15) is 4.79 Å². The van der Waals surface area contributed by atoms with Crippen molar-refractivity contribution < 1.29 is 14.3 Å². The van der Waals surface area contributed by atoms with Crippen LogP contribution in [0.15, 0.2) is 18.2 Å². The first-order valence-corrected chi connectivity index (χ1v) is 8.00. The molecule has 1 atom stereocenters. The van der Waals surface area contributed by atoms with Crippen LogP contribution in [0.3, 0.4) is 0 Å². The highest BCUT2D eigenvalue weighted by Gasteiger charge is 2.28. The van der Waals surface area contributed by atoms with E-state index in [0.717, 1.165) is 12.8 Å². The number of unbranched alkanes of at least 4 members (excludes halogenated alkanes) is 1. The zero-order valence-corrected chi connectivity index (χ0v) is 14.7. The zero-order valence-electron chi connectivity index (χ0n) is 13.8. The van der Waals surface area contributed by atoms with Crippen molar-refractivity contribution in [3.8, 4) is 11.5 Å². The number of ether oxygens (including phenoxy) is 2. The van der Waals surface area contributed by atoms with Crippen molar-refractivity contribution in [1.29, 1.82) is 0 Å². The fourth-order valence-corrected chi connectivity index (χ4v) is 2.26. The van der Waals surface area contributed by atoms with Gasteiger partial charge in [0.1, 0.15) is 0 Å². The summed E-state index contributed by atoms with van der Waals surface area (Å²) < 4.78 is 11.0. The normalized spacial score (nSPS) is 14.6. The van der Waals surface area contributed by atoms with E-state index in [1.807, 2.05) is 0 Å². The van der Waals surface area contributed by atoms with Gasteiger partial charge in [-0.15, -0.1) is 12.4 Å². The topological polar surface area (TPSA) is 73.6 Å². The van der Waals surface area contributed by atoms with E-state index in [1.165, 1.54) is 12.8 Å². The number of halogens is 1. The van der Waals surface area contributed by atoms with Gasteiger partial charge in [0, 0.05) is 18.2 Å². The molecule has 3 N–H and O–H groups in total. The molecule has 1 aliphatic carbocycles. The van der Waals surface area contributed by atoms with Crippen LogP contribution in [0.1, 0.15) is 43.0 Å². The molecule has 23 heavy (non-hydrogen) atoms. The smallest absolute Gasteiger partial charge is 0.251 e. The molecule has 1 saturated carbocycles. The summed E-state index contributed by atoms with van der Waals surface area (Å²) >= 11 is 0. The van der Waals surface area contributed by atoms with E-state index in [-0.39, 0.29) is 24.4 Å². The number of carbonyl (C=O) groups excluding carboxylic acids is 1. The van der Waals surface area contributed by atoms with Crippen molar-refractivity contribution in [1.82, 2.24) is 5.32 Å². The molecule has 1 fully saturated rings. The van der Waals surface area contributed by atoms with Gasteiger partial charge in [-0.3, -0.25) is 4.79 Å². The van der Waals surface area contributed by atoms with Crippen molar-refractivity contribution >= 4 is 18.3 Å². The predicted octanol–water partition coefficient (Wildman–Crippen LogP) is 2.76. The number of rotatable bonds is 9. The van der Waals surface area contributed by atoms with Gasteiger partial charge in [0.25, 0.3) is 5.91 Å². The quantitative estimate of drug-likeness (QED) is 0.677. The maximum atomic E-state index is 12.2. The van der Waals surface area contributed by atoms with E-state index in [2.05, 4.69) is 12.2 Å². The molecule has 1 aromatic carbocycles. The molecular weight excluding hydrogens is 316 g/mol. The van der Waals surface area contributed by atoms with Crippen LogP contribution in [-0.4, -0.2) is 32.2 Å². The standard InChI is InChI=1S/C17H26N2O3.ClH/c1-3-4-9-22-15-8-7-13(10-16(15)21-2)17(20)19-11-14(18)12-5-6-12;/h7-8,10,12,14H,3-6,9,11,18H2,1-2H3,(H,19,20);1H. The van der Waals surface area contributed by atoms with Gasteiger partial charge in [0.05, 0.1) is 13.7 Å². The van der Waals surface area contributed by atoms with Crippen LogP contribution in [0.25, 0.3) is 0 Å². The molecule has 6 heteroatoms. The summed E-state index contributed by atoms with van der Waals surface area (Å²) in [5.41, 5.74) is 6.55. The Kier molecular flexibility index (Phi) is 8.20. The summed E-state index contributed by atoms with van der Waals surface area (Å²) in [4.78, 5) is 12.2. The SMILES string of the molecule is CCCCOc1ccc(C(=O)NCC(N)C2CC2)cc1OC.Cl. The van der Waals surface area contributed by atoms with Crippen LogP contribution in [0.5, 0.6) is 11.5 Å². The Morgan fingerprint density at radius 1 is 1.39 bits per heavy atom. The Labute approximate surface area is 144 Å². The van der Waals surface area contributed by atoms with Crippen molar-refractivity contribution in [3.63, 3.8) is 0 Å². The van der Waals surface area contributed by atoms with Gasteiger partial charge < -0.3 is 20.5 Å². The van der Waals surface area contributed by atoms with Gasteiger partial charge >= 0.3 is 0 Å². The average Bonchev–Trinajstić information content (AvgIpc) is 3.37. The molecule has 0 aromatic heterocycles. The molecule has 0 radical (unpaired) electrons. The molecule has 2 rings (SSSR count). The molecule has 1 aromatic rings. The van der Waals surface area contributed by atoms with Crippen molar-refractivity contribution in [3.05, 3.63) is 23.8 Å². The minimum absolute atomic E-state index is 0. The first-order valence-electron chi connectivity index (χ1n) is 8.00. The first-order chi connectivity index (χ1) is 10.7. The van der Waals surface area contributed by atoms with Gasteiger partial charge in [-0.1, -0.05) is 13.3 Å². The Morgan fingerprint density at radius 2 is 2.13 bits per heavy atom. The number of hydrogen-bond acceptors (Lipinski definition) is 4. The number of nitrogens with two attached hydrogens (primary N) is 1. The van der Waals surface area contributed by atoms with E-state index in [4.69, 9.17) is 15.2 Å². The highest BCUT2D eigenvalue weighted by atomic mass is 35.5. The molecule has 130 valence electrons. The van der Waals surface area contributed by atoms with Crippen LogP contribution < -0.4 is 20.5 Å². The lowest BCUT2D eigenvalue weighted by Gasteiger charge is -2.14. The monoisotopic (exact) mass is 342 g/mol. The maximum Gasteiger partial charge on any atom is 0.251 e. The number of benzene rings is 1. The Balaban J connectivity index is 0.00000264. The summed E-state index contributed by atoms with van der Waals surface area (Å²) in [5.74, 6) is 1.69. The van der Waals surface area contributed by atoms with Crippen LogP contribution >= 0.6 is 12.4 Å². The molecule has 1 amide bonds. The minimum atomic E-state index is -0.130.